The summed E-state index contributed by atoms with van der Waals surface area (Å²) >= 11 is 0. The first-order valence-electron chi connectivity index (χ1n) is 10.0. The molecule has 0 aromatic heterocycles. The van der Waals surface area contributed by atoms with Crippen molar-refractivity contribution in [3.63, 3.8) is 0 Å². The molecule has 0 saturated carbocycles. The zero-order valence-corrected chi connectivity index (χ0v) is 20.3. The second-order valence-corrected chi connectivity index (χ2v) is 12.3. The van der Waals surface area contributed by atoms with Gasteiger partial charge in [-0.15, -0.1) is 17.0 Å². The molecule has 0 saturated heterocycles. The maximum Gasteiger partial charge on any atom is 0.697 e. The first-order chi connectivity index (χ1) is 14.2. The number of rotatable bonds is 14. The highest BCUT2D eigenvalue weighted by Gasteiger charge is 2.24. The molecule has 4 nitrogen and oxygen atoms in total. The maximum atomic E-state index is 12.2. The highest BCUT2D eigenvalue weighted by Crippen LogP contribution is 2.36. The van der Waals surface area contributed by atoms with E-state index in [1.54, 1.807) is 7.11 Å². The Labute approximate surface area is 179 Å². The Hall–Kier alpha value is -0.880. The standard InChI is InChI=1S/C22H32O4P3/c1-4-28(5-2)16-15-25-29(23)26-18-21(27-20-12-7-6-8-13-20)17-19-11-9-10-14-22(19)24-3/h6-14,21,27H,4-5,15-18H2,1-3H3/q+1. The minimum atomic E-state index is -2.08. The van der Waals surface area contributed by atoms with Crippen LogP contribution in [0.5, 0.6) is 5.75 Å². The highest BCUT2D eigenvalue weighted by molar-refractivity contribution is 7.57. The molecule has 29 heavy (non-hydrogen) atoms. The summed E-state index contributed by atoms with van der Waals surface area (Å²) < 4.78 is 28.8. The van der Waals surface area contributed by atoms with Gasteiger partial charge in [-0.05, 0) is 41.8 Å². The van der Waals surface area contributed by atoms with Gasteiger partial charge in [0.1, 0.15) is 19.0 Å². The molecule has 0 heterocycles. The molecule has 0 aliphatic rings. The van der Waals surface area contributed by atoms with Crippen molar-refractivity contribution in [2.75, 3.05) is 38.8 Å². The van der Waals surface area contributed by atoms with Gasteiger partial charge in [0.25, 0.3) is 0 Å². The van der Waals surface area contributed by atoms with Crippen LogP contribution in [-0.2, 0) is 20.0 Å². The molecule has 2 rings (SSSR count). The summed E-state index contributed by atoms with van der Waals surface area (Å²) in [5, 5.41) is 1.27. The third-order valence-electron chi connectivity index (χ3n) is 4.68. The van der Waals surface area contributed by atoms with Gasteiger partial charge in [-0.2, -0.15) is 0 Å². The van der Waals surface area contributed by atoms with Gasteiger partial charge in [0, 0.05) is 10.2 Å². The van der Waals surface area contributed by atoms with E-state index < -0.39 is 8.25 Å². The van der Waals surface area contributed by atoms with Crippen molar-refractivity contribution >= 4 is 30.1 Å². The summed E-state index contributed by atoms with van der Waals surface area (Å²) in [4.78, 5) is 0. The molecule has 0 N–H and O–H groups in total. The predicted octanol–water partition coefficient (Wildman–Crippen LogP) is 5.82. The Morgan fingerprint density at radius 2 is 1.69 bits per heavy atom. The van der Waals surface area contributed by atoms with Crippen molar-refractivity contribution in [2.45, 2.75) is 25.9 Å². The zero-order valence-electron chi connectivity index (χ0n) is 17.5. The Morgan fingerprint density at radius 1 is 1.00 bits per heavy atom. The lowest BCUT2D eigenvalue weighted by Crippen LogP contribution is -2.16. The third kappa shape index (κ3) is 9.20. The summed E-state index contributed by atoms with van der Waals surface area (Å²) in [5.41, 5.74) is 1.35. The molecule has 3 atom stereocenters. The quantitative estimate of drug-likeness (QED) is 0.338. The fraction of sp³-hybridized carbons (Fsp3) is 0.455. The molecular formula is C22H32O4P3+. The van der Waals surface area contributed by atoms with Crippen molar-refractivity contribution in [1.82, 2.24) is 0 Å². The van der Waals surface area contributed by atoms with Crippen LogP contribution < -0.4 is 10.0 Å². The van der Waals surface area contributed by atoms with E-state index in [2.05, 4.69) is 32.0 Å². The van der Waals surface area contributed by atoms with Gasteiger partial charge in [0.15, 0.2) is 0 Å². The molecule has 0 aliphatic carbocycles. The number of ether oxygens (including phenoxy) is 1. The first kappa shape index (κ1) is 24.4. The summed E-state index contributed by atoms with van der Waals surface area (Å²) in [5.74, 6) is 0.878. The number of hydrogen-bond acceptors (Lipinski definition) is 4. The molecule has 0 spiro atoms. The average molecular weight is 453 g/mol. The van der Waals surface area contributed by atoms with E-state index in [-0.39, 0.29) is 13.6 Å². The molecule has 0 radical (unpaired) electrons. The summed E-state index contributed by atoms with van der Waals surface area (Å²) in [6.07, 6.45) is 4.17. The summed E-state index contributed by atoms with van der Waals surface area (Å²) in [7, 11) is 0.162. The second-order valence-electron chi connectivity index (χ2n) is 6.60. The average Bonchev–Trinajstić information content (AvgIpc) is 2.76. The monoisotopic (exact) mass is 453 g/mol. The summed E-state index contributed by atoms with van der Waals surface area (Å²) in [6, 6.07) is 18.4. The van der Waals surface area contributed by atoms with Gasteiger partial charge in [-0.1, -0.05) is 71.0 Å². The van der Waals surface area contributed by atoms with Gasteiger partial charge in [-0.25, -0.2) is 0 Å². The minimum absolute atomic E-state index is 0.00267. The molecular weight excluding hydrogens is 421 g/mol. The Balaban J connectivity index is 1.93. The number of methoxy groups -OCH3 is 1. The van der Waals surface area contributed by atoms with Crippen LogP contribution in [0.1, 0.15) is 19.4 Å². The fourth-order valence-corrected chi connectivity index (χ4v) is 6.71. The highest BCUT2D eigenvalue weighted by atomic mass is 31.1. The van der Waals surface area contributed by atoms with Crippen molar-refractivity contribution in [1.29, 1.82) is 0 Å². The Morgan fingerprint density at radius 3 is 2.38 bits per heavy atom. The number of para-hydroxylation sites is 1. The van der Waals surface area contributed by atoms with Gasteiger partial charge < -0.3 is 4.74 Å². The van der Waals surface area contributed by atoms with Gasteiger partial charge >= 0.3 is 8.25 Å². The Kier molecular flexibility index (Phi) is 11.9. The zero-order chi connectivity index (χ0) is 20.9. The predicted molar refractivity (Wildman–Crippen MR) is 127 cm³/mol. The molecule has 2 aromatic rings. The van der Waals surface area contributed by atoms with E-state index in [4.69, 9.17) is 13.8 Å². The largest absolute Gasteiger partial charge is 0.697 e. The van der Waals surface area contributed by atoms with E-state index >= 15 is 0 Å². The topological polar surface area (TPSA) is 44.8 Å². The fourth-order valence-electron chi connectivity index (χ4n) is 3.03. The molecule has 158 valence electrons. The van der Waals surface area contributed by atoms with E-state index in [9.17, 15) is 4.57 Å². The van der Waals surface area contributed by atoms with Crippen molar-refractivity contribution in [3.8, 4) is 5.75 Å². The van der Waals surface area contributed by atoms with Crippen LogP contribution in [-0.4, -0.2) is 44.5 Å². The molecule has 0 aliphatic heterocycles. The number of benzene rings is 2. The van der Waals surface area contributed by atoms with Gasteiger partial charge in [0.05, 0.1) is 7.11 Å². The van der Waals surface area contributed by atoms with Crippen LogP contribution in [0.2, 0.25) is 0 Å². The molecule has 0 amide bonds. The third-order valence-corrected chi connectivity index (χ3v) is 9.49. The smallest absolute Gasteiger partial charge is 0.496 e. The van der Waals surface area contributed by atoms with Crippen molar-refractivity contribution < 1.29 is 18.3 Å². The molecule has 0 fully saturated rings. The van der Waals surface area contributed by atoms with Crippen LogP contribution in [0.15, 0.2) is 54.6 Å². The lowest BCUT2D eigenvalue weighted by molar-refractivity contribution is 0.234. The van der Waals surface area contributed by atoms with Crippen molar-refractivity contribution in [2.24, 2.45) is 0 Å². The minimum Gasteiger partial charge on any atom is -0.496 e. The van der Waals surface area contributed by atoms with Crippen molar-refractivity contribution in [3.05, 3.63) is 60.2 Å². The van der Waals surface area contributed by atoms with E-state index in [0.717, 1.165) is 23.9 Å². The normalized spacial score (nSPS) is 13.2. The van der Waals surface area contributed by atoms with E-state index in [1.165, 1.54) is 17.6 Å². The molecule has 7 heteroatoms. The summed E-state index contributed by atoms with van der Waals surface area (Å²) in [6.45, 7) is 5.33. The van der Waals surface area contributed by atoms with Crippen LogP contribution in [0.25, 0.3) is 0 Å². The van der Waals surface area contributed by atoms with Crippen LogP contribution in [0.3, 0.4) is 0 Å². The van der Waals surface area contributed by atoms with Crippen LogP contribution >= 0.6 is 24.8 Å². The first-order valence-corrected chi connectivity index (χ1v) is 14.1. The van der Waals surface area contributed by atoms with Gasteiger partial charge in [-0.3, -0.25) is 0 Å². The maximum absolute atomic E-state index is 12.2. The van der Waals surface area contributed by atoms with E-state index in [1.807, 2.05) is 36.4 Å². The number of hydrogen-bond donors (Lipinski definition) is 0. The van der Waals surface area contributed by atoms with E-state index in [0.29, 0.717) is 21.8 Å². The van der Waals surface area contributed by atoms with Crippen LogP contribution in [0.4, 0.5) is 0 Å². The lowest BCUT2D eigenvalue weighted by atomic mass is 10.1. The second kappa shape index (κ2) is 14.2. The lowest BCUT2D eigenvalue weighted by Gasteiger charge is -2.16. The van der Waals surface area contributed by atoms with Gasteiger partial charge in [0.2, 0.25) is 0 Å². The van der Waals surface area contributed by atoms with Crippen LogP contribution in [0, 0.1) is 0 Å². The molecule has 2 aromatic carbocycles. The molecule has 0 bridgehead atoms. The Bertz CT molecular complexity index is 723. The SMILES string of the molecule is CCP(CC)CCO[P+](=O)OCC(Cc1ccccc1OC)Pc1ccccc1. The molecule has 3 unspecified atom stereocenters.